The van der Waals surface area contributed by atoms with Crippen LogP contribution >= 0.6 is 11.8 Å². The molecule has 0 aliphatic carbocycles. The molecule has 140 valence electrons. The van der Waals surface area contributed by atoms with Crippen LogP contribution in [0, 0.1) is 0 Å². The normalized spacial score (nSPS) is 16.1. The Labute approximate surface area is 163 Å². The summed E-state index contributed by atoms with van der Waals surface area (Å²) in [6, 6.07) is 17.7. The van der Waals surface area contributed by atoms with Gasteiger partial charge in [0, 0.05) is 48.1 Å². The SMILES string of the molecule is CCc1c(SC(C)(C)C)cccc1N1CCN(Cc2ccccc2)CC1. The topological polar surface area (TPSA) is 6.48 Å². The van der Waals surface area contributed by atoms with E-state index in [1.807, 2.05) is 11.8 Å². The summed E-state index contributed by atoms with van der Waals surface area (Å²) >= 11 is 2.00. The fourth-order valence-corrected chi connectivity index (χ4v) is 4.80. The van der Waals surface area contributed by atoms with Gasteiger partial charge in [-0.3, -0.25) is 4.90 Å². The van der Waals surface area contributed by atoms with Gasteiger partial charge in [-0.15, -0.1) is 11.8 Å². The van der Waals surface area contributed by atoms with E-state index in [2.05, 4.69) is 86.0 Å². The predicted molar refractivity (Wildman–Crippen MR) is 115 cm³/mol. The number of rotatable bonds is 5. The van der Waals surface area contributed by atoms with E-state index in [0.717, 1.165) is 39.1 Å². The zero-order valence-corrected chi connectivity index (χ0v) is 17.5. The molecule has 26 heavy (non-hydrogen) atoms. The van der Waals surface area contributed by atoms with Crippen LogP contribution in [0.5, 0.6) is 0 Å². The molecule has 3 rings (SSSR count). The van der Waals surface area contributed by atoms with Crippen LogP contribution in [0.25, 0.3) is 0 Å². The highest BCUT2D eigenvalue weighted by atomic mass is 32.2. The molecule has 2 aromatic carbocycles. The number of anilines is 1. The number of nitrogens with zero attached hydrogens (tertiary/aromatic N) is 2. The molecule has 0 radical (unpaired) electrons. The van der Waals surface area contributed by atoms with E-state index in [1.165, 1.54) is 21.7 Å². The largest absolute Gasteiger partial charge is 0.369 e. The molecule has 0 saturated carbocycles. The molecule has 0 spiro atoms. The van der Waals surface area contributed by atoms with Crippen molar-refractivity contribution < 1.29 is 0 Å². The average molecular weight is 369 g/mol. The third kappa shape index (κ3) is 5.05. The molecule has 3 heteroatoms. The molecule has 1 fully saturated rings. The van der Waals surface area contributed by atoms with Crippen LogP contribution in [0.1, 0.15) is 38.8 Å². The first kappa shape index (κ1) is 19.3. The predicted octanol–water partition coefficient (Wildman–Crippen LogP) is 5.46. The van der Waals surface area contributed by atoms with Gasteiger partial charge in [0.1, 0.15) is 0 Å². The minimum absolute atomic E-state index is 0.247. The summed E-state index contributed by atoms with van der Waals surface area (Å²) in [6.07, 6.45) is 1.10. The molecule has 1 aliphatic rings. The van der Waals surface area contributed by atoms with Gasteiger partial charge < -0.3 is 4.90 Å². The van der Waals surface area contributed by atoms with E-state index in [4.69, 9.17) is 0 Å². The lowest BCUT2D eigenvalue weighted by Gasteiger charge is -2.37. The second-order valence-corrected chi connectivity index (χ2v) is 9.94. The summed E-state index contributed by atoms with van der Waals surface area (Å²) < 4.78 is 0.247. The molecule has 0 amide bonds. The highest BCUT2D eigenvalue weighted by molar-refractivity contribution is 8.00. The second-order valence-electron chi connectivity index (χ2n) is 8.07. The van der Waals surface area contributed by atoms with Crippen molar-refractivity contribution in [1.82, 2.24) is 4.90 Å². The first-order valence-electron chi connectivity index (χ1n) is 9.78. The molecular weight excluding hydrogens is 336 g/mol. The summed E-state index contributed by atoms with van der Waals surface area (Å²) in [4.78, 5) is 6.61. The third-order valence-electron chi connectivity index (χ3n) is 4.84. The highest BCUT2D eigenvalue weighted by Crippen LogP contribution is 2.38. The maximum absolute atomic E-state index is 2.59. The number of hydrogen-bond acceptors (Lipinski definition) is 3. The van der Waals surface area contributed by atoms with Crippen LogP contribution in [-0.4, -0.2) is 35.8 Å². The van der Waals surface area contributed by atoms with Crippen LogP contribution in [0.2, 0.25) is 0 Å². The van der Waals surface area contributed by atoms with Crippen molar-refractivity contribution in [2.24, 2.45) is 0 Å². The first-order valence-corrected chi connectivity index (χ1v) is 10.6. The van der Waals surface area contributed by atoms with Crippen molar-refractivity contribution in [1.29, 1.82) is 0 Å². The van der Waals surface area contributed by atoms with E-state index in [1.54, 1.807) is 0 Å². The Morgan fingerprint density at radius 3 is 2.19 bits per heavy atom. The lowest BCUT2D eigenvalue weighted by molar-refractivity contribution is 0.249. The summed E-state index contributed by atoms with van der Waals surface area (Å²) in [6.45, 7) is 14.7. The average Bonchev–Trinajstić information content (AvgIpc) is 2.62. The second kappa shape index (κ2) is 8.49. The summed E-state index contributed by atoms with van der Waals surface area (Å²) in [5.41, 5.74) is 4.38. The maximum Gasteiger partial charge on any atom is 0.0410 e. The lowest BCUT2D eigenvalue weighted by Crippen LogP contribution is -2.46. The highest BCUT2D eigenvalue weighted by Gasteiger charge is 2.22. The van der Waals surface area contributed by atoms with Gasteiger partial charge in [-0.05, 0) is 29.7 Å². The Balaban J connectivity index is 1.68. The summed E-state index contributed by atoms with van der Waals surface area (Å²) in [7, 11) is 0. The Kier molecular flexibility index (Phi) is 6.31. The molecule has 0 atom stereocenters. The van der Waals surface area contributed by atoms with Crippen molar-refractivity contribution in [3.8, 4) is 0 Å². The van der Waals surface area contributed by atoms with Gasteiger partial charge in [0.05, 0.1) is 0 Å². The molecule has 0 aromatic heterocycles. The lowest BCUT2D eigenvalue weighted by atomic mass is 10.1. The number of benzene rings is 2. The fraction of sp³-hybridized carbons (Fsp3) is 0.478. The van der Waals surface area contributed by atoms with Crippen molar-refractivity contribution in [3.05, 3.63) is 59.7 Å². The van der Waals surface area contributed by atoms with Gasteiger partial charge in [0.2, 0.25) is 0 Å². The number of thioether (sulfide) groups is 1. The first-order chi connectivity index (χ1) is 12.5. The monoisotopic (exact) mass is 368 g/mol. The molecule has 0 N–H and O–H groups in total. The third-order valence-corrected chi connectivity index (χ3v) is 6.05. The van der Waals surface area contributed by atoms with Gasteiger partial charge >= 0.3 is 0 Å². The van der Waals surface area contributed by atoms with E-state index < -0.39 is 0 Å². The minimum atomic E-state index is 0.247. The van der Waals surface area contributed by atoms with E-state index in [-0.39, 0.29) is 4.75 Å². The van der Waals surface area contributed by atoms with Crippen molar-refractivity contribution in [2.75, 3.05) is 31.1 Å². The quantitative estimate of drug-likeness (QED) is 0.647. The van der Waals surface area contributed by atoms with Crippen LogP contribution in [0.15, 0.2) is 53.4 Å². The minimum Gasteiger partial charge on any atom is -0.369 e. The molecule has 2 nitrogen and oxygen atoms in total. The van der Waals surface area contributed by atoms with Gasteiger partial charge in [-0.2, -0.15) is 0 Å². The van der Waals surface area contributed by atoms with Crippen molar-refractivity contribution in [3.63, 3.8) is 0 Å². The van der Waals surface area contributed by atoms with Crippen LogP contribution < -0.4 is 4.90 Å². The van der Waals surface area contributed by atoms with Crippen molar-refractivity contribution in [2.45, 2.75) is 50.3 Å². The fourth-order valence-electron chi connectivity index (χ4n) is 3.62. The molecule has 0 unspecified atom stereocenters. The molecule has 1 aliphatic heterocycles. The number of hydrogen-bond donors (Lipinski definition) is 0. The van der Waals surface area contributed by atoms with Crippen LogP contribution in [0.4, 0.5) is 5.69 Å². The summed E-state index contributed by atoms with van der Waals surface area (Å²) in [5.74, 6) is 0. The smallest absolute Gasteiger partial charge is 0.0410 e. The molecule has 0 bridgehead atoms. The zero-order valence-electron chi connectivity index (χ0n) is 16.7. The van der Waals surface area contributed by atoms with E-state index in [9.17, 15) is 0 Å². The Morgan fingerprint density at radius 1 is 0.885 bits per heavy atom. The van der Waals surface area contributed by atoms with Gasteiger partial charge in [-0.25, -0.2) is 0 Å². The van der Waals surface area contributed by atoms with Crippen LogP contribution in [0.3, 0.4) is 0 Å². The standard InChI is InChI=1S/C23H32N2S/c1-5-20-21(12-9-13-22(20)26-23(2,3)4)25-16-14-24(15-17-25)18-19-10-7-6-8-11-19/h6-13H,5,14-18H2,1-4H3. The molecular formula is C23H32N2S. The molecule has 2 aromatic rings. The number of piperazine rings is 1. The Bertz CT molecular complexity index is 698. The Morgan fingerprint density at radius 2 is 1.58 bits per heavy atom. The van der Waals surface area contributed by atoms with Crippen molar-refractivity contribution >= 4 is 17.4 Å². The molecule has 1 saturated heterocycles. The molecule has 1 heterocycles. The summed E-state index contributed by atoms with van der Waals surface area (Å²) in [5, 5.41) is 0. The van der Waals surface area contributed by atoms with E-state index >= 15 is 0 Å². The maximum atomic E-state index is 2.59. The van der Waals surface area contributed by atoms with Gasteiger partial charge in [-0.1, -0.05) is 64.1 Å². The van der Waals surface area contributed by atoms with Gasteiger partial charge in [0.15, 0.2) is 0 Å². The van der Waals surface area contributed by atoms with Gasteiger partial charge in [0.25, 0.3) is 0 Å². The Hall–Kier alpha value is -1.45. The zero-order chi connectivity index (χ0) is 18.6. The van der Waals surface area contributed by atoms with E-state index in [0.29, 0.717) is 0 Å². The van der Waals surface area contributed by atoms with Crippen LogP contribution in [-0.2, 0) is 13.0 Å².